The predicted molar refractivity (Wildman–Crippen MR) is 89.8 cm³/mol. The average molecular weight is 276 g/mol. The zero-order chi connectivity index (χ0) is 15.0. The Hall–Kier alpha value is -2.15. The van der Waals surface area contributed by atoms with E-state index in [1.54, 1.807) is 6.08 Å². The highest BCUT2D eigenvalue weighted by atomic mass is 16.1. The number of allylic oxidation sites excluding steroid dienone is 3. The number of hydrogen-bond acceptors (Lipinski definition) is 1. The fraction of sp³-hybridized carbons (Fsp3) is 0.250. The standard InChI is InChI=1S/C20H20O/c1-4-7-15-8-6-9-16-19(15)14(5-2)12-17-13(3)10-11-18(21)20(16)17/h6,8-12H,3-5,7H2,1-2H3. The number of benzene rings is 2. The zero-order valence-electron chi connectivity index (χ0n) is 12.7. The Bertz CT molecular complexity index is 778. The van der Waals surface area contributed by atoms with Gasteiger partial charge in [-0.25, -0.2) is 0 Å². The second kappa shape index (κ2) is 5.33. The van der Waals surface area contributed by atoms with Gasteiger partial charge in [0.05, 0.1) is 0 Å². The van der Waals surface area contributed by atoms with E-state index in [0.29, 0.717) is 0 Å². The normalized spacial score (nSPS) is 13.8. The first kappa shape index (κ1) is 13.8. The molecule has 1 aliphatic rings. The van der Waals surface area contributed by atoms with Crippen LogP contribution >= 0.6 is 0 Å². The van der Waals surface area contributed by atoms with Gasteiger partial charge >= 0.3 is 0 Å². The highest BCUT2D eigenvalue weighted by Crippen LogP contribution is 2.35. The van der Waals surface area contributed by atoms with E-state index in [9.17, 15) is 4.79 Å². The predicted octanol–water partition coefficient (Wildman–Crippen LogP) is 5.12. The van der Waals surface area contributed by atoms with Crippen LogP contribution in [0, 0.1) is 0 Å². The molecule has 1 nitrogen and oxygen atoms in total. The van der Waals surface area contributed by atoms with E-state index in [1.807, 2.05) is 6.08 Å². The van der Waals surface area contributed by atoms with Gasteiger partial charge < -0.3 is 0 Å². The quantitative estimate of drug-likeness (QED) is 0.760. The van der Waals surface area contributed by atoms with Crippen molar-refractivity contribution in [2.75, 3.05) is 0 Å². The maximum atomic E-state index is 12.4. The van der Waals surface area contributed by atoms with Crippen molar-refractivity contribution >= 4 is 22.1 Å². The number of aryl methyl sites for hydroxylation is 2. The zero-order valence-corrected chi connectivity index (χ0v) is 12.7. The molecule has 0 spiro atoms. The van der Waals surface area contributed by atoms with Crippen LogP contribution < -0.4 is 0 Å². The van der Waals surface area contributed by atoms with Gasteiger partial charge in [0.1, 0.15) is 0 Å². The number of carbonyl (C=O) groups excluding carboxylic acids is 1. The first-order chi connectivity index (χ1) is 10.2. The summed E-state index contributed by atoms with van der Waals surface area (Å²) in [5.41, 5.74) is 5.43. The van der Waals surface area contributed by atoms with Crippen LogP contribution in [0.4, 0.5) is 0 Å². The number of hydrogen-bond donors (Lipinski definition) is 0. The Morgan fingerprint density at radius 3 is 2.62 bits per heavy atom. The monoisotopic (exact) mass is 276 g/mol. The summed E-state index contributed by atoms with van der Waals surface area (Å²) in [6.45, 7) is 8.46. The molecule has 1 heteroatoms. The van der Waals surface area contributed by atoms with Gasteiger partial charge in [0.2, 0.25) is 0 Å². The SMILES string of the molecule is C=C1C=CC(=O)c2c1cc(CC)c1c(CCC)cccc21. The van der Waals surface area contributed by atoms with Gasteiger partial charge in [0.15, 0.2) is 5.78 Å². The number of carbonyl (C=O) groups is 1. The molecule has 106 valence electrons. The second-order valence-corrected chi connectivity index (χ2v) is 5.62. The lowest BCUT2D eigenvalue weighted by Gasteiger charge is -2.19. The van der Waals surface area contributed by atoms with Crippen molar-refractivity contribution in [3.05, 3.63) is 65.3 Å². The third-order valence-electron chi connectivity index (χ3n) is 4.26. The number of ketones is 1. The molecule has 0 N–H and O–H groups in total. The van der Waals surface area contributed by atoms with E-state index in [2.05, 4.69) is 44.7 Å². The van der Waals surface area contributed by atoms with Gasteiger partial charge in [-0.2, -0.15) is 0 Å². The highest BCUT2D eigenvalue weighted by molar-refractivity contribution is 6.20. The summed E-state index contributed by atoms with van der Waals surface area (Å²) in [7, 11) is 0. The molecule has 0 unspecified atom stereocenters. The largest absolute Gasteiger partial charge is 0.289 e. The molecule has 0 saturated heterocycles. The van der Waals surface area contributed by atoms with E-state index in [0.717, 1.165) is 41.3 Å². The molecule has 0 aromatic heterocycles. The van der Waals surface area contributed by atoms with E-state index in [-0.39, 0.29) is 5.78 Å². The van der Waals surface area contributed by atoms with Crippen LogP contribution in [0.25, 0.3) is 16.3 Å². The fourth-order valence-corrected chi connectivity index (χ4v) is 3.28. The lowest BCUT2D eigenvalue weighted by molar-refractivity contribution is 0.104. The minimum Gasteiger partial charge on any atom is -0.289 e. The van der Waals surface area contributed by atoms with Crippen molar-refractivity contribution in [1.29, 1.82) is 0 Å². The van der Waals surface area contributed by atoms with Crippen LogP contribution in [0.15, 0.2) is 43.0 Å². The summed E-state index contributed by atoms with van der Waals surface area (Å²) in [4.78, 5) is 12.4. The second-order valence-electron chi connectivity index (χ2n) is 5.62. The smallest absolute Gasteiger partial charge is 0.187 e. The van der Waals surface area contributed by atoms with Gasteiger partial charge in [-0.15, -0.1) is 0 Å². The Labute approximate surface area is 126 Å². The maximum Gasteiger partial charge on any atom is 0.187 e. The Morgan fingerprint density at radius 2 is 1.90 bits per heavy atom. The summed E-state index contributed by atoms with van der Waals surface area (Å²) in [5, 5.41) is 2.36. The van der Waals surface area contributed by atoms with Gasteiger partial charge in [0, 0.05) is 5.56 Å². The Kier molecular flexibility index (Phi) is 3.50. The first-order valence-electron chi connectivity index (χ1n) is 7.66. The van der Waals surface area contributed by atoms with Crippen LogP contribution in [-0.2, 0) is 12.8 Å². The topological polar surface area (TPSA) is 17.1 Å². The molecule has 0 radical (unpaired) electrons. The third kappa shape index (κ3) is 2.13. The third-order valence-corrected chi connectivity index (χ3v) is 4.26. The molecule has 0 amide bonds. The van der Waals surface area contributed by atoms with Crippen LogP contribution in [0.1, 0.15) is 47.3 Å². The van der Waals surface area contributed by atoms with Gasteiger partial charge in [-0.05, 0) is 58.0 Å². The summed E-state index contributed by atoms with van der Waals surface area (Å²) < 4.78 is 0. The number of rotatable bonds is 3. The Balaban J connectivity index is 2.44. The maximum absolute atomic E-state index is 12.4. The molecular formula is C20H20O. The molecule has 3 rings (SSSR count). The minimum atomic E-state index is 0.0960. The molecule has 0 fully saturated rings. The molecule has 0 saturated carbocycles. The van der Waals surface area contributed by atoms with Crippen molar-refractivity contribution in [2.24, 2.45) is 0 Å². The molecule has 2 aromatic rings. The highest BCUT2D eigenvalue weighted by Gasteiger charge is 2.21. The first-order valence-corrected chi connectivity index (χ1v) is 7.66. The van der Waals surface area contributed by atoms with Crippen molar-refractivity contribution in [3.8, 4) is 0 Å². The molecule has 0 atom stereocenters. The van der Waals surface area contributed by atoms with E-state index < -0.39 is 0 Å². The van der Waals surface area contributed by atoms with Crippen molar-refractivity contribution in [2.45, 2.75) is 33.1 Å². The van der Waals surface area contributed by atoms with E-state index >= 15 is 0 Å². The fourth-order valence-electron chi connectivity index (χ4n) is 3.28. The van der Waals surface area contributed by atoms with Gasteiger partial charge in [-0.1, -0.05) is 51.1 Å². The molecule has 2 aromatic carbocycles. The minimum absolute atomic E-state index is 0.0960. The van der Waals surface area contributed by atoms with Crippen LogP contribution in [0.3, 0.4) is 0 Å². The van der Waals surface area contributed by atoms with Crippen LogP contribution in [0.2, 0.25) is 0 Å². The average Bonchev–Trinajstić information content (AvgIpc) is 2.50. The molecule has 1 aliphatic carbocycles. The molecular weight excluding hydrogens is 256 g/mol. The summed E-state index contributed by atoms with van der Waals surface area (Å²) in [6.07, 6.45) is 6.59. The van der Waals surface area contributed by atoms with E-state index in [4.69, 9.17) is 0 Å². The van der Waals surface area contributed by atoms with Gasteiger partial charge in [0.25, 0.3) is 0 Å². The lowest BCUT2D eigenvalue weighted by Crippen LogP contribution is -2.08. The van der Waals surface area contributed by atoms with Crippen LogP contribution in [0.5, 0.6) is 0 Å². The summed E-state index contributed by atoms with van der Waals surface area (Å²) in [6, 6.07) is 8.51. The molecule has 21 heavy (non-hydrogen) atoms. The molecule has 0 aliphatic heterocycles. The van der Waals surface area contributed by atoms with Crippen molar-refractivity contribution in [1.82, 2.24) is 0 Å². The Morgan fingerprint density at radius 1 is 1.10 bits per heavy atom. The summed E-state index contributed by atoms with van der Waals surface area (Å²) in [5.74, 6) is 0.0960. The number of fused-ring (bicyclic) bond motifs is 3. The van der Waals surface area contributed by atoms with Gasteiger partial charge in [-0.3, -0.25) is 4.79 Å². The molecule has 0 bridgehead atoms. The summed E-state index contributed by atoms with van der Waals surface area (Å²) >= 11 is 0. The van der Waals surface area contributed by atoms with E-state index in [1.165, 1.54) is 16.5 Å². The van der Waals surface area contributed by atoms with Crippen molar-refractivity contribution < 1.29 is 4.79 Å². The van der Waals surface area contributed by atoms with Crippen LogP contribution in [-0.4, -0.2) is 5.78 Å². The molecule has 0 heterocycles. The lowest BCUT2D eigenvalue weighted by atomic mass is 9.83. The van der Waals surface area contributed by atoms with Crippen molar-refractivity contribution in [3.63, 3.8) is 0 Å².